The Morgan fingerprint density at radius 3 is 2.52 bits per heavy atom. The van der Waals surface area contributed by atoms with Crippen molar-refractivity contribution in [2.45, 2.75) is 18.4 Å². The molecule has 2 aromatic carbocycles. The van der Waals surface area contributed by atoms with Crippen LogP contribution in [0.3, 0.4) is 0 Å². The van der Waals surface area contributed by atoms with E-state index in [1.807, 2.05) is 12.1 Å². The molecule has 9 heteroatoms. The highest BCUT2D eigenvalue weighted by molar-refractivity contribution is 8.00. The number of hydrazine groups is 1. The molecule has 1 fully saturated rings. The molecule has 2 aromatic rings. The third kappa shape index (κ3) is 4.82. The molecule has 1 aliphatic rings. The largest absolute Gasteiger partial charge is 0.479 e. The van der Waals surface area contributed by atoms with E-state index in [-0.39, 0.29) is 17.0 Å². The van der Waals surface area contributed by atoms with Crippen LogP contribution in [-0.2, 0) is 9.59 Å². The SMILES string of the molecule is CC(Oc1ccc(Cl)cc1Cl)C(=O)NN1C(=O)CSC1c1ccc(Cl)cc1. The summed E-state index contributed by atoms with van der Waals surface area (Å²) in [6.45, 7) is 1.57. The third-order valence-corrected chi connectivity index (χ3v) is 5.82. The fourth-order valence-electron chi connectivity index (χ4n) is 2.44. The van der Waals surface area contributed by atoms with E-state index in [4.69, 9.17) is 39.5 Å². The fourth-order valence-corrected chi connectivity index (χ4v) is 4.13. The van der Waals surface area contributed by atoms with Gasteiger partial charge in [0.15, 0.2) is 6.10 Å². The Bertz CT molecular complexity index is 863. The van der Waals surface area contributed by atoms with Crippen LogP contribution in [0.15, 0.2) is 42.5 Å². The smallest absolute Gasteiger partial charge is 0.279 e. The van der Waals surface area contributed by atoms with Crippen LogP contribution in [0.2, 0.25) is 15.1 Å². The number of hydrogen-bond donors (Lipinski definition) is 1. The van der Waals surface area contributed by atoms with E-state index in [2.05, 4.69) is 5.43 Å². The minimum Gasteiger partial charge on any atom is -0.479 e. The number of ether oxygens (including phenoxy) is 1. The average Bonchev–Trinajstić information content (AvgIpc) is 2.98. The quantitative estimate of drug-likeness (QED) is 0.723. The molecule has 1 heterocycles. The van der Waals surface area contributed by atoms with E-state index in [1.165, 1.54) is 22.8 Å². The third-order valence-electron chi connectivity index (χ3n) is 3.82. The van der Waals surface area contributed by atoms with E-state index in [1.54, 1.807) is 31.2 Å². The molecule has 1 saturated heterocycles. The Kier molecular flexibility index (Phi) is 6.42. The van der Waals surface area contributed by atoms with Crippen LogP contribution in [0.25, 0.3) is 0 Å². The van der Waals surface area contributed by atoms with Gasteiger partial charge in [0.1, 0.15) is 11.1 Å². The fraction of sp³-hybridized carbons (Fsp3) is 0.222. The zero-order valence-corrected chi connectivity index (χ0v) is 17.2. The zero-order chi connectivity index (χ0) is 19.6. The molecular weight excluding hydrogens is 431 g/mol. The summed E-state index contributed by atoms with van der Waals surface area (Å²) < 4.78 is 5.60. The van der Waals surface area contributed by atoms with Gasteiger partial charge in [-0.25, -0.2) is 5.01 Å². The summed E-state index contributed by atoms with van der Waals surface area (Å²) in [6.07, 6.45) is -0.868. The van der Waals surface area contributed by atoms with Crippen molar-refractivity contribution in [1.82, 2.24) is 10.4 Å². The Morgan fingerprint density at radius 2 is 1.85 bits per heavy atom. The molecule has 3 rings (SSSR count). The minimum atomic E-state index is -0.868. The van der Waals surface area contributed by atoms with Crippen LogP contribution < -0.4 is 10.2 Å². The molecule has 27 heavy (non-hydrogen) atoms. The lowest BCUT2D eigenvalue weighted by Crippen LogP contribution is -2.49. The van der Waals surface area contributed by atoms with Crippen LogP contribution in [0, 0.1) is 0 Å². The maximum atomic E-state index is 12.5. The number of carbonyl (C=O) groups is 2. The molecule has 2 atom stereocenters. The normalized spacial score (nSPS) is 17.7. The van der Waals surface area contributed by atoms with Crippen LogP contribution in [0.1, 0.15) is 17.9 Å². The van der Waals surface area contributed by atoms with Crippen molar-refractivity contribution in [3.63, 3.8) is 0 Å². The predicted octanol–water partition coefficient (Wildman–Crippen LogP) is 4.72. The van der Waals surface area contributed by atoms with Crippen molar-refractivity contribution in [1.29, 1.82) is 0 Å². The van der Waals surface area contributed by atoms with E-state index in [9.17, 15) is 9.59 Å². The lowest BCUT2D eigenvalue weighted by Gasteiger charge is -2.26. The number of thioether (sulfide) groups is 1. The Hall–Kier alpha value is -1.60. The summed E-state index contributed by atoms with van der Waals surface area (Å²) in [5.41, 5.74) is 3.51. The molecule has 1 N–H and O–H groups in total. The van der Waals surface area contributed by atoms with Crippen molar-refractivity contribution in [2.24, 2.45) is 0 Å². The van der Waals surface area contributed by atoms with Gasteiger partial charge in [-0.15, -0.1) is 11.8 Å². The van der Waals surface area contributed by atoms with E-state index < -0.39 is 12.0 Å². The van der Waals surface area contributed by atoms with Gasteiger partial charge in [-0.2, -0.15) is 0 Å². The van der Waals surface area contributed by atoms with Crippen molar-refractivity contribution in [2.75, 3.05) is 5.75 Å². The highest BCUT2D eigenvalue weighted by atomic mass is 35.5. The van der Waals surface area contributed by atoms with Crippen LogP contribution in [0.4, 0.5) is 0 Å². The lowest BCUT2D eigenvalue weighted by atomic mass is 10.2. The number of nitrogens with one attached hydrogen (secondary N) is 1. The molecule has 0 aliphatic carbocycles. The van der Waals surface area contributed by atoms with E-state index >= 15 is 0 Å². The maximum Gasteiger partial charge on any atom is 0.279 e. The number of hydrogen-bond acceptors (Lipinski definition) is 4. The molecule has 0 saturated carbocycles. The first kappa shape index (κ1) is 20.1. The molecular formula is C18H15Cl3N2O3S. The van der Waals surface area contributed by atoms with Crippen LogP contribution >= 0.6 is 46.6 Å². The molecule has 2 amide bonds. The maximum absolute atomic E-state index is 12.5. The molecule has 1 aliphatic heterocycles. The van der Waals surface area contributed by atoms with E-state index in [0.717, 1.165) is 5.56 Å². The standard InChI is InChI=1S/C18H15Cl3N2O3S/c1-10(26-15-7-6-13(20)8-14(15)21)17(25)22-23-16(24)9-27-18(23)11-2-4-12(19)5-3-11/h2-8,10,18H,9H2,1H3,(H,22,25). The molecule has 0 radical (unpaired) electrons. The lowest BCUT2D eigenvalue weighted by molar-refractivity contribution is -0.142. The van der Waals surface area contributed by atoms with Crippen LogP contribution in [-0.4, -0.2) is 28.7 Å². The van der Waals surface area contributed by atoms with Gasteiger partial charge in [0.05, 0.1) is 10.8 Å². The van der Waals surface area contributed by atoms with Crippen molar-refractivity contribution in [3.05, 3.63) is 63.1 Å². The highest BCUT2D eigenvalue weighted by Gasteiger charge is 2.35. The number of amides is 2. The number of halogens is 3. The van der Waals surface area contributed by atoms with Gasteiger partial charge in [0.2, 0.25) is 0 Å². The van der Waals surface area contributed by atoms with E-state index in [0.29, 0.717) is 20.8 Å². The number of carbonyl (C=O) groups excluding carboxylic acids is 2. The molecule has 142 valence electrons. The number of nitrogens with zero attached hydrogens (tertiary/aromatic N) is 1. The van der Waals surface area contributed by atoms with Gasteiger partial charge < -0.3 is 4.74 Å². The van der Waals surface area contributed by atoms with Gasteiger partial charge in [0, 0.05) is 10.0 Å². The minimum absolute atomic E-state index is 0.190. The van der Waals surface area contributed by atoms with Gasteiger partial charge in [-0.1, -0.05) is 46.9 Å². The monoisotopic (exact) mass is 444 g/mol. The van der Waals surface area contributed by atoms with Gasteiger partial charge in [-0.3, -0.25) is 15.0 Å². The first-order valence-electron chi connectivity index (χ1n) is 7.96. The second-order valence-corrected chi connectivity index (χ2v) is 8.14. The Balaban J connectivity index is 1.69. The van der Waals surface area contributed by atoms with Crippen LogP contribution in [0.5, 0.6) is 5.75 Å². The Morgan fingerprint density at radius 1 is 1.19 bits per heavy atom. The first-order chi connectivity index (χ1) is 12.8. The number of rotatable bonds is 5. The topological polar surface area (TPSA) is 58.6 Å². The highest BCUT2D eigenvalue weighted by Crippen LogP contribution is 2.37. The second kappa shape index (κ2) is 8.61. The van der Waals surface area contributed by atoms with Gasteiger partial charge in [-0.05, 0) is 42.8 Å². The summed E-state index contributed by atoms with van der Waals surface area (Å²) in [4.78, 5) is 24.7. The average molecular weight is 446 g/mol. The Labute approximate surface area is 175 Å². The first-order valence-corrected chi connectivity index (χ1v) is 10.1. The summed E-state index contributed by atoms with van der Waals surface area (Å²) in [5, 5.41) is 2.36. The second-order valence-electron chi connectivity index (χ2n) is 5.79. The summed E-state index contributed by atoms with van der Waals surface area (Å²) in [5.74, 6) is -0.0489. The summed E-state index contributed by atoms with van der Waals surface area (Å²) in [6, 6.07) is 11.9. The van der Waals surface area contributed by atoms with Crippen molar-refractivity contribution < 1.29 is 14.3 Å². The molecule has 0 bridgehead atoms. The molecule has 2 unspecified atom stereocenters. The van der Waals surface area contributed by atoms with Crippen molar-refractivity contribution in [3.8, 4) is 5.75 Å². The molecule has 0 aromatic heterocycles. The summed E-state index contributed by atoms with van der Waals surface area (Å²) >= 11 is 19.3. The molecule has 0 spiro atoms. The zero-order valence-electron chi connectivity index (χ0n) is 14.1. The number of benzene rings is 2. The predicted molar refractivity (Wildman–Crippen MR) is 108 cm³/mol. The molecule has 5 nitrogen and oxygen atoms in total. The van der Waals surface area contributed by atoms with Gasteiger partial charge >= 0.3 is 0 Å². The van der Waals surface area contributed by atoms with Crippen molar-refractivity contribution >= 4 is 58.4 Å². The van der Waals surface area contributed by atoms with Gasteiger partial charge in [0.25, 0.3) is 11.8 Å². The summed E-state index contributed by atoms with van der Waals surface area (Å²) in [7, 11) is 0.